The maximum absolute atomic E-state index is 4.91. The van der Waals surface area contributed by atoms with Gasteiger partial charge in [0.2, 0.25) is 0 Å². The number of guanidine groups is 1. The zero-order chi connectivity index (χ0) is 21.8. The van der Waals surface area contributed by atoms with E-state index >= 15 is 0 Å². The van der Waals surface area contributed by atoms with Crippen molar-refractivity contribution in [2.45, 2.75) is 33.9 Å². The van der Waals surface area contributed by atoms with Crippen molar-refractivity contribution in [2.24, 2.45) is 12.0 Å². The summed E-state index contributed by atoms with van der Waals surface area (Å²) in [6, 6.07) is 10.9. The number of piperazine rings is 1. The molecule has 3 heterocycles. The minimum absolute atomic E-state index is 0. The molecule has 0 unspecified atom stereocenters. The van der Waals surface area contributed by atoms with Crippen LogP contribution in [-0.2, 0) is 20.1 Å². The molecule has 2 aromatic heterocycles. The molecule has 0 bridgehead atoms. The SMILES string of the molecule is Cc1ccc(C)c(N2CCN(C(=NCc3nnc(C)n3C)NCc3cccs3)CC2)c1.I. The van der Waals surface area contributed by atoms with Crippen LogP contribution >= 0.6 is 35.3 Å². The molecule has 1 saturated heterocycles. The van der Waals surface area contributed by atoms with Gasteiger partial charge in [0, 0.05) is 43.8 Å². The van der Waals surface area contributed by atoms with Crippen molar-refractivity contribution in [3.8, 4) is 0 Å². The molecule has 1 aromatic carbocycles. The Labute approximate surface area is 211 Å². The standard InChI is InChI=1S/C23H31N7S.HI/c1-17-7-8-18(2)21(14-17)29-9-11-30(12-10-29)23(24-15-20-6-5-13-31-20)25-16-22-27-26-19(3)28(22)4;/h5-8,13-14H,9-12,15-16H2,1-4H3,(H,24,25);1H. The van der Waals surface area contributed by atoms with Gasteiger partial charge in [0.1, 0.15) is 12.4 Å². The number of anilines is 1. The van der Waals surface area contributed by atoms with Crippen LogP contribution in [0.3, 0.4) is 0 Å². The van der Waals surface area contributed by atoms with E-state index in [1.54, 1.807) is 11.3 Å². The molecule has 7 nitrogen and oxygen atoms in total. The quantitative estimate of drug-likeness (QED) is 0.289. The number of rotatable bonds is 5. The van der Waals surface area contributed by atoms with E-state index in [2.05, 4.69) is 74.9 Å². The molecule has 1 fully saturated rings. The summed E-state index contributed by atoms with van der Waals surface area (Å²) in [4.78, 5) is 11.1. The Morgan fingerprint density at radius 3 is 2.53 bits per heavy atom. The number of thiophene rings is 1. The van der Waals surface area contributed by atoms with E-state index in [1.165, 1.54) is 21.7 Å². The Morgan fingerprint density at radius 2 is 1.88 bits per heavy atom. The van der Waals surface area contributed by atoms with Crippen molar-refractivity contribution >= 4 is 47.0 Å². The Hall–Kier alpha value is -2.14. The average Bonchev–Trinajstić information content (AvgIpc) is 3.41. The average molecular weight is 566 g/mol. The van der Waals surface area contributed by atoms with E-state index in [0.717, 1.165) is 50.3 Å². The monoisotopic (exact) mass is 565 g/mol. The Morgan fingerprint density at radius 1 is 1.09 bits per heavy atom. The molecule has 32 heavy (non-hydrogen) atoms. The molecular formula is C23H32IN7S. The maximum atomic E-state index is 4.91. The van der Waals surface area contributed by atoms with Crippen LogP contribution in [0.25, 0.3) is 0 Å². The lowest BCUT2D eigenvalue weighted by atomic mass is 10.1. The van der Waals surface area contributed by atoms with E-state index in [0.29, 0.717) is 6.54 Å². The lowest BCUT2D eigenvalue weighted by Gasteiger charge is -2.38. The van der Waals surface area contributed by atoms with E-state index < -0.39 is 0 Å². The van der Waals surface area contributed by atoms with Gasteiger partial charge in [-0.2, -0.15) is 0 Å². The zero-order valence-corrected chi connectivity index (χ0v) is 22.4. The van der Waals surface area contributed by atoms with Crippen LogP contribution in [0.1, 0.15) is 27.7 Å². The van der Waals surface area contributed by atoms with Crippen LogP contribution in [0, 0.1) is 20.8 Å². The van der Waals surface area contributed by atoms with Crippen LogP contribution in [0.2, 0.25) is 0 Å². The van der Waals surface area contributed by atoms with Crippen molar-refractivity contribution in [1.82, 2.24) is 25.0 Å². The summed E-state index contributed by atoms with van der Waals surface area (Å²) < 4.78 is 2.00. The number of halogens is 1. The number of hydrogen-bond donors (Lipinski definition) is 1. The number of aliphatic imine (C=N–C) groups is 1. The number of benzene rings is 1. The molecule has 172 valence electrons. The van der Waals surface area contributed by atoms with Gasteiger partial charge < -0.3 is 19.7 Å². The highest BCUT2D eigenvalue weighted by Gasteiger charge is 2.21. The molecule has 1 aliphatic heterocycles. The number of nitrogens with zero attached hydrogens (tertiary/aromatic N) is 6. The summed E-state index contributed by atoms with van der Waals surface area (Å²) in [6.07, 6.45) is 0. The van der Waals surface area contributed by atoms with Gasteiger partial charge in [-0.15, -0.1) is 45.5 Å². The van der Waals surface area contributed by atoms with E-state index in [1.807, 2.05) is 18.5 Å². The summed E-state index contributed by atoms with van der Waals surface area (Å²) in [6.45, 7) is 11.4. The Bertz CT molecular complexity index is 1040. The molecular weight excluding hydrogens is 533 g/mol. The third kappa shape index (κ3) is 5.80. The molecule has 0 aliphatic carbocycles. The van der Waals surface area contributed by atoms with Gasteiger partial charge in [0.15, 0.2) is 11.8 Å². The largest absolute Gasteiger partial charge is 0.368 e. The summed E-state index contributed by atoms with van der Waals surface area (Å²) in [5.41, 5.74) is 3.99. The second-order valence-corrected chi connectivity index (χ2v) is 9.09. The Kier molecular flexibility index (Phi) is 8.52. The highest BCUT2D eigenvalue weighted by molar-refractivity contribution is 14.0. The van der Waals surface area contributed by atoms with Crippen molar-refractivity contribution in [2.75, 3.05) is 31.1 Å². The number of nitrogens with one attached hydrogen (secondary N) is 1. The van der Waals surface area contributed by atoms with Gasteiger partial charge in [-0.05, 0) is 49.4 Å². The highest BCUT2D eigenvalue weighted by Crippen LogP contribution is 2.23. The summed E-state index contributed by atoms with van der Waals surface area (Å²) >= 11 is 1.76. The molecule has 3 aromatic rings. The minimum Gasteiger partial charge on any atom is -0.368 e. The van der Waals surface area contributed by atoms with Crippen molar-refractivity contribution in [3.05, 3.63) is 63.4 Å². The van der Waals surface area contributed by atoms with Gasteiger partial charge in [0.25, 0.3) is 0 Å². The third-order valence-electron chi connectivity index (χ3n) is 5.84. The van der Waals surface area contributed by atoms with E-state index in [4.69, 9.17) is 4.99 Å². The molecule has 0 spiro atoms. The third-order valence-corrected chi connectivity index (χ3v) is 6.71. The van der Waals surface area contributed by atoms with Gasteiger partial charge >= 0.3 is 0 Å². The molecule has 9 heteroatoms. The van der Waals surface area contributed by atoms with E-state index in [-0.39, 0.29) is 24.0 Å². The topological polar surface area (TPSA) is 61.6 Å². The second kappa shape index (κ2) is 11.1. The van der Waals surface area contributed by atoms with Crippen LogP contribution in [0.5, 0.6) is 0 Å². The molecule has 0 atom stereocenters. The summed E-state index contributed by atoms with van der Waals surface area (Å²) in [5.74, 6) is 2.72. The second-order valence-electron chi connectivity index (χ2n) is 8.06. The van der Waals surface area contributed by atoms with Crippen LogP contribution in [0.15, 0.2) is 40.7 Å². The fraction of sp³-hybridized carbons (Fsp3) is 0.435. The van der Waals surface area contributed by atoms with Gasteiger partial charge in [-0.25, -0.2) is 4.99 Å². The van der Waals surface area contributed by atoms with Gasteiger partial charge in [-0.3, -0.25) is 0 Å². The first kappa shape index (κ1) is 24.5. The van der Waals surface area contributed by atoms with Crippen molar-refractivity contribution in [1.29, 1.82) is 0 Å². The van der Waals surface area contributed by atoms with Crippen molar-refractivity contribution < 1.29 is 0 Å². The minimum atomic E-state index is 0. The van der Waals surface area contributed by atoms with Gasteiger partial charge in [0.05, 0.1) is 6.54 Å². The summed E-state index contributed by atoms with van der Waals surface area (Å²) in [5, 5.41) is 14.1. The zero-order valence-electron chi connectivity index (χ0n) is 19.2. The van der Waals surface area contributed by atoms with Crippen molar-refractivity contribution in [3.63, 3.8) is 0 Å². The molecule has 4 rings (SSSR count). The molecule has 1 N–H and O–H groups in total. The Balaban J connectivity index is 0.00000289. The molecule has 0 saturated carbocycles. The molecule has 1 aliphatic rings. The number of aromatic nitrogens is 3. The first-order valence-corrected chi connectivity index (χ1v) is 11.6. The predicted octanol–water partition coefficient (Wildman–Crippen LogP) is 3.89. The highest BCUT2D eigenvalue weighted by atomic mass is 127. The fourth-order valence-corrected chi connectivity index (χ4v) is 4.45. The molecule has 0 radical (unpaired) electrons. The van der Waals surface area contributed by atoms with Gasteiger partial charge in [-0.1, -0.05) is 18.2 Å². The van der Waals surface area contributed by atoms with Crippen LogP contribution in [-0.4, -0.2) is 51.8 Å². The first-order chi connectivity index (χ1) is 15.0. The maximum Gasteiger partial charge on any atom is 0.194 e. The first-order valence-electron chi connectivity index (χ1n) is 10.7. The predicted molar refractivity (Wildman–Crippen MR) is 143 cm³/mol. The number of aryl methyl sites for hydroxylation is 3. The summed E-state index contributed by atoms with van der Waals surface area (Å²) in [7, 11) is 1.99. The smallest absolute Gasteiger partial charge is 0.194 e. The van der Waals surface area contributed by atoms with E-state index in [9.17, 15) is 0 Å². The fourth-order valence-electron chi connectivity index (χ4n) is 3.80. The normalized spacial score (nSPS) is 14.4. The lowest BCUT2D eigenvalue weighted by Crippen LogP contribution is -2.52. The lowest BCUT2D eigenvalue weighted by molar-refractivity contribution is 0.371. The number of hydrogen-bond acceptors (Lipinski definition) is 5. The van der Waals surface area contributed by atoms with Crippen LogP contribution in [0.4, 0.5) is 5.69 Å². The van der Waals surface area contributed by atoms with Crippen LogP contribution < -0.4 is 10.2 Å². The molecule has 0 amide bonds.